The monoisotopic (exact) mass is 326 g/mol. The number of thioether (sulfide) groups is 1. The number of imidazole rings is 1. The van der Waals surface area contributed by atoms with Crippen molar-refractivity contribution in [2.24, 2.45) is 0 Å². The lowest BCUT2D eigenvalue weighted by Crippen LogP contribution is -2.07. The molecule has 0 N–H and O–H groups in total. The molecule has 0 radical (unpaired) electrons. The molecule has 0 fully saturated rings. The smallest absolute Gasteiger partial charge is 0.308 e. The van der Waals surface area contributed by atoms with Gasteiger partial charge in [-0.15, -0.1) is 0 Å². The molecule has 2 aromatic rings. The van der Waals surface area contributed by atoms with Crippen LogP contribution in [0.5, 0.6) is 5.75 Å². The number of hydrogen-bond acceptors (Lipinski definition) is 5. The molecule has 0 saturated carbocycles. The molecule has 8 heteroatoms. The number of rotatable bonds is 4. The van der Waals surface area contributed by atoms with E-state index in [1.807, 2.05) is 0 Å². The molecule has 0 aliphatic rings. The molecule has 0 bridgehead atoms. The van der Waals surface area contributed by atoms with E-state index in [1.165, 1.54) is 13.1 Å². The Hall–Kier alpha value is -2.22. The highest BCUT2D eigenvalue weighted by Crippen LogP contribution is 2.25. The predicted molar refractivity (Wildman–Crippen MR) is 75.5 cm³/mol. The van der Waals surface area contributed by atoms with Gasteiger partial charge in [0.2, 0.25) is 5.75 Å². The first kappa shape index (κ1) is 16.2. The van der Waals surface area contributed by atoms with Crippen LogP contribution in [-0.4, -0.2) is 20.6 Å². The minimum atomic E-state index is -0.967. The maximum absolute atomic E-state index is 13.8. The van der Waals surface area contributed by atoms with Crippen molar-refractivity contribution in [3.63, 3.8) is 0 Å². The van der Waals surface area contributed by atoms with Crippen molar-refractivity contribution >= 4 is 22.8 Å². The highest BCUT2D eigenvalue weighted by atomic mass is 32.2. The average molecular weight is 326 g/mol. The van der Waals surface area contributed by atoms with Crippen molar-refractivity contribution in [1.29, 1.82) is 0 Å². The minimum absolute atomic E-state index is 0.129. The predicted octanol–water partition coefficient (Wildman–Crippen LogP) is 2.77. The van der Waals surface area contributed by atoms with Gasteiger partial charge in [-0.1, -0.05) is 0 Å². The third kappa shape index (κ3) is 3.91. The van der Waals surface area contributed by atoms with E-state index in [1.54, 1.807) is 10.8 Å². The van der Waals surface area contributed by atoms with Gasteiger partial charge >= 0.3 is 5.97 Å². The fourth-order valence-corrected chi connectivity index (χ4v) is 2.40. The molecule has 116 valence electrons. The molecule has 0 aliphatic heterocycles. The molecule has 0 amide bonds. The number of carbonyl (C=O) groups is 2. The summed E-state index contributed by atoms with van der Waals surface area (Å²) in [7, 11) is 0. The lowest BCUT2D eigenvalue weighted by molar-refractivity contribution is -0.132. The van der Waals surface area contributed by atoms with Crippen molar-refractivity contribution in [3.05, 3.63) is 41.7 Å². The average Bonchev–Trinajstić information content (AvgIpc) is 2.80. The number of benzene rings is 1. The summed E-state index contributed by atoms with van der Waals surface area (Å²) >= 11 is 0.927. The summed E-state index contributed by atoms with van der Waals surface area (Å²) < 4.78 is 33.7. The lowest BCUT2D eigenvalue weighted by Gasteiger charge is -2.09. The molecule has 2 rings (SSSR count). The number of hydrogen-bond donors (Lipinski definition) is 0. The molecule has 1 aromatic carbocycles. The van der Waals surface area contributed by atoms with Crippen molar-refractivity contribution in [2.45, 2.75) is 25.5 Å². The molecular formula is C14H12F2N2O3S. The van der Waals surface area contributed by atoms with E-state index < -0.39 is 23.4 Å². The maximum atomic E-state index is 13.8. The number of ether oxygens (including phenoxy) is 1. The zero-order valence-electron chi connectivity index (χ0n) is 11.8. The van der Waals surface area contributed by atoms with E-state index in [-0.39, 0.29) is 11.7 Å². The largest absolute Gasteiger partial charge is 0.420 e. The van der Waals surface area contributed by atoms with Gasteiger partial charge in [-0.2, -0.15) is 0 Å². The van der Waals surface area contributed by atoms with Crippen LogP contribution >= 0.6 is 11.8 Å². The highest BCUT2D eigenvalue weighted by molar-refractivity contribution is 8.13. The first-order valence-electron chi connectivity index (χ1n) is 6.22. The summed E-state index contributed by atoms with van der Waals surface area (Å²) in [5, 5.41) is 0.285. The molecule has 0 atom stereocenters. The SMILES string of the molecule is CC(=O)Oc1c(F)cc(Cn2ccnc2SC(C)=O)cc1F. The van der Waals surface area contributed by atoms with Crippen LogP contribution in [0.1, 0.15) is 19.4 Å². The van der Waals surface area contributed by atoms with Crippen LogP contribution in [-0.2, 0) is 16.1 Å². The Morgan fingerprint density at radius 1 is 1.27 bits per heavy atom. The number of esters is 1. The van der Waals surface area contributed by atoms with Crippen molar-refractivity contribution < 1.29 is 23.1 Å². The standard InChI is InChI=1S/C14H12F2N2O3S/c1-8(19)21-13-11(15)5-10(6-12(13)16)7-18-4-3-17-14(18)22-9(2)20/h3-6H,7H2,1-2H3. The van der Waals surface area contributed by atoms with Gasteiger partial charge in [-0.25, -0.2) is 13.8 Å². The fourth-order valence-electron chi connectivity index (χ4n) is 1.79. The van der Waals surface area contributed by atoms with E-state index in [9.17, 15) is 18.4 Å². The molecule has 1 aromatic heterocycles. The molecule has 1 heterocycles. The van der Waals surface area contributed by atoms with E-state index in [4.69, 9.17) is 0 Å². The number of carbonyl (C=O) groups excluding carboxylic acids is 2. The van der Waals surface area contributed by atoms with Crippen LogP contribution < -0.4 is 4.74 Å². The molecule has 0 spiro atoms. The second-order valence-electron chi connectivity index (χ2n) is 4.41. The molecular weight excluding hydrogens is 314 g/mol. The van der Waals surface area contributed by atoms with E-state index in [0.717, 1.165) is 30.8 Å². The first-order chi connectivity index (χ1) is 10.4. The van der Waals surface area contributed by atoms with Crippen LogP contribution in [0.25, 0.3) is 0 Å². The third-order valence-electron chi connectivity index (χ3n) is 2.57. The maximum Gasteiger partial charge on any atom is 0.308 e. The van der Waals surface area contributed by atoms with Crippen LogP contribution in [0.4, 0.5) is 8.78 Å². The Morgan fingerprint density at radius 2 is 1.91 bits per heavy atom. The molecule has 22 heavy (non-hydrogen) atoms. The van der Waals surface area contributed by atoms with Gasteiger partial charge in [-0.3, -0.25) is 9.59 Å². The Balaban J connectivity index is 2.26. The summed E-state index contributed by atoms with van der Waals surface area (Å²) in [6.07, 6.45) is 3.09. The molecule has 0 saturated heterocycles. The summed E-state index contributed by atoms with van der Waals surface area (Å²) in [5.74, 6) is -3.46. The summed E-state index contributed by atoms with van der Waals surface area (Å²) in [6.45, 7) is 2.59. The molecule has 0 unspecified atom stereocenters. The van der Waals surface area contributed by atoms with Crippen LogP contribution in [0.3, 0.4) is 0 Å². The minimum Gasteiger partial charge on any atom is -0.420 e. The number of aromatic nitrogens is 2. The zero-order chi connectivity index (χ0) is 16.3. The molecule has 5 nitrogen and oxygen atoms in total. The van der Waals surface area contributed by atoms with Gasteiger partial charge in [0.1, 0.15) is 0 Å². The van der Waals surface area contributed by atoms with Gasteiger partial charge in [0.05, 0.1) is 0 Å². The van der Waals surface area contributed by atoms with Crippen molar-refractivity contribution in [3.8, 4) is 5.75 Å². The van der Waals surface area contributed by atoms with Gasteiger partial charge < -0.3 is 9.30 Å². The third-order valence-corrected chi connectivity index (χ3v) is 3.38. The Labute approximate surface area is 129 Å². The van der Waals surface area contributed by atoms with Gasteiger partial charge in [0, 0.05) is 32.8 Å². The van der Waals surface area contributed by atoms with Gasteiger partial charge in [0.15, 0.2) is 21.9 Å². The Kier molecular flexibility index (Phi) is 4.92. The van der Waals surface area contributed by atoms with Crippen LogP contribution in [0.15, 0.2) is 29.7 Å². The quantitative estimate of drug-likeness (QED) is 0.491. The number of halogens is 2. The summed E-state index contributed by atoms with van der Waals surface area (Å²) in [5.41, 5.74) is 0.314. The Bertz CT molecular complexity index is 708. The summed E-state index contributed by atoms with van der Waals surface area (Å²) in [4.78, 5) is 25.9. The fraction of sp³-hybridized carbons (Fsp3) is 0.214. The van der Waals surface area contributed by atoms with Crippen LogP contribution in [0, 0.1) is 11.6 Å². The summed E-state index contributed by atoms with van der Waals surface area (Å²) in [6, 6.07) is 2.15. The first-order valence-corrected chi connectivity index (χ1v) is 7.04. The normalized spacial score (nSPS) is 10.5. The lowest BCUT2D eigenvalue weighted by atomic mass is 10.2. The number of nitrogens with zero attached hydrogens (tertiary/aromatic N) is 2. The van der Waals surface area contributed by atoms with E-state index in [2.05, 4.69) is 9.72 Å². The Morgan fingerprint density at radius 3 is 2.45 bits per heavy atom. The van der Waals surface area contributed by atoms with E-state index in [0.29, 0.717) is 10.7 Å². The second-order valence-corrected chi connectivity index (χ2v) is 5.56. The van der Waals surface area contributed by atoms with Crippen molar-refractivity contribution in [2.75, 3.05) is 0 Å². The van der Waals surface area contributed by atoms with Crippen molar-refractivity contribution in [1.82, 2.24) is 9.55 Å². The van der Waals surface area contributed by atoms with Gasteiger partial charge in [-0.05, 0) is 29.5 Å². The van der Waals surface area contributed by atoms with Gasteiger partial charge in [0.25, 0.3) is 0 Å². The van der Waals surface area contributed by atoms with Crippen LogP contribution in [0.2, 0.25) is 0 Å². The zero-order valence-corrected chi connectivity index (χ0v) is 12.6. The topological polar surface area (TPSA) is 61.2 Å². The second kappa shape index (κ2) is 6.69. The highest BCUT2D eigenvalue weighted by Gasteiger charge is 2.15. The molecule has 0 aliphatic carbocycles. The van der Waals surface area contributed by atoms with E-state index >= 15 is 0 Å².